The zero-order chi connectivity index (χ0) is 26.2. The fourth-order valence-corrected chi connectivity index (χ4v) is 2.68. The Hall–Kier alpha value is -2.31. The second-order valence-electron chi connectivity index (χ2n) is 6.11. The number of hydrogen-bond acceptors (Lipinski definition) is 13. The van der Waals surface area contributed by atoms with E-state index in [-0.39, 0.29) is 105 Å². The number of non-ortho nitro benzene ring substituents is 2. The van der Waals surface area contributed by atoms with E-state index in [9.17, 15) is 33.2 Å². The third kappa shape index (κ3) is 13.2. The summed E-state index contributed by atoms with van der Waals surface area (Å²) in [5, 5.41) is 55.7. The van der Waals surface area contributed by atoms with E-state index in [1.54, 1.807) is 6.07 Å². The topological polar surface area (TPSA) is 276 Å². The van der Waals surface area contributed by atoms with Crippen molar-refractivity contribution in [3.05, 3.63) is 74.8 Å². The maximum absolute atomic E-state index is 10.6. The van der Waals surface area contributed by atoms with E-state index in [4.69, 9.17) is 31.9 Å². The summed E-state index contributed by atoms with van der Waals surface area (Å²) in [6, 6.07) is 10.5. The average Bonchev–Trinajstić information content (AvgIpc) is 2.71. The second-order valence-corrected chi connectivity index (χ2v) is 7.46. The normalized spacial score (nSPS) is 9.32. The van der Waals surface area contributed by atoms with Crippen LogP contribution in [-0.4, -0.2) is 72.8 Å². The minimum absolute atomic E-state index is 0. The molecule has 0 aromatic heterocycles. The van der Waals surface area contributed by atoms with E-state index < -0.39 is 42.0 Å². The van der Waals surface area contributed by atoms with E-state index >= 15 is 0 Å². The fourth-order valence-electron chi connectivity index (χ4n) is 2.06. The van der Waals surface area contributed by atoms with Gasteiger partial charge in [0, 0.05) is 77.0 Å². The molecule has 3 rings (SSSR count). The van der Waals surface area contributed by atoms with Crippen molar-refractivity contribution in [3.63, 3.8) is 0 Å². The molecule has 0 aliphatic heterocycles. The van der Waals surface area contributed by atoms with Crippen molar-refractivity contribution >= 4 is 62.4 Å². The molecule has 15 nitrogen and oxygen atoms in total. The molecule has 0 aliphatic rings. The predicted molar refractivity (Wildman–Crippen MR) is 122 cm³/mol. The largest absolute Gasteiger partial charge is 1.00 e. The van der Waals surface area contributed by atoms with Crippen LogP contribution in [0.3, 0.4) is 0 Å². The quantitative estimate of drug-likeness (QED) is 0.0494. The Labute approximate surface area is 264 Å². The van der Waals surface area contributed by atoms with Crippen molar-refractivity contribution < 1.29 is 89.9 Å². The Morgan fingerprint density at radius 2 is 1.22 bits per heavy atom. The Morgan fingerprint density at radius 1 is 0.757 bits per heavy atom. The summed E-state index contributed by atoms with van der Waals surface area (Å²) in [5.74, 6) is -0.943. The van der Waals surface area contributed by atoms with Gasteiger partial charge in [-0.05, 0) is 18.2 Å². The Bertz CT molecular complexity index is 1310. The molecule has 0 saturated heterocycles. The first-order valence-electron chi connectivity index (χ1n) is 8.57. The van der Waals surface area contributed by atoms with Crippen molar-refractivity contribution in [2.24, 2.45) is 0 Å². The second kappa shape index (κ2) is 17.2. The van der Waals surface area contributed by atoms with E-state index in [0.29, 0.717) is 6.07 Å². The summed E-state index contributed by atoms with van der Waals surface area (Å²) in [7, 11) is -5.00. The number of nitrogens with zero attached hydrogens (tertiary/aromatic N) is 2. The van der Waals surface area contributed by atoms with Crippen LogP contribution in [0, 0.1) is 20.2 Å². The van der Waals surface area contributed by atoms with Crippen molar-refractivity contribution in [1.82, 2.24) is 0 Å². The van der Waals surface area contributed by atoms with Gasteiger partial charge in [0.1, 0.15) is 32.3 Å². The van der Waals surface area contributed by atoms with Crippen LogP contribution in [0.15, 0.2) is 59.5 Å². The smallest absolute Gasteiger partial charge is 0.744 e. The van der Waals surface area contributed by atoms with Gasteiger partial charge in [0.25, 0.3) is 11.4 Å². The summed E-state index contributed by atoms with van der Waals surface area (Å²) in [5.41, 5.74) is 8.97. The molecule has 0 atom stereocenters. The third-order valence-corrected chi connectivity index (χ3v) is 4.47. The molecule has 8 N–H and O–H groups in total. The summed E-state index contributed by atoms with van der Waals surface area (Å²) in [4.78, 5) is 17.8. The molecule has 37 heavy (non-hydrogen) atoms. The number of nitro groups is 2. The van der Waals surface area contributed by atoms with E-state index in [0.717, 1.165) is 12.1 Å². The molecule has 19 heteroatoms. The molecule has 0 amide bonds. The standard InChI is InChI=1S/C6H6N2O6S.C6H6N2O3.C6H6O2.Fe.2Na/c7-4-1-3(8(10)11)2-5(6(4)9)15(12,13)14;7-5-3-4(8(10)11)1-2-6(5)9;7-5-2-1-3-6(8)4-5;;;/h1-2,9H,7H2,(H,12,13,14);1-3,9H,7H2;1-4,7-8H;;;/q;;;;;+1/p-1. The SMILES string of the molecule is Nc1cc([N+](=O)[O-])cc(S(=O)(=O)[O-])c1O.Nc1cc([N+](=O)[O-])ccc1O.Oc1cccc(O)c1.[Fe].[Na+].[Na]. The Balaban J connectivity index is -0.000000469. The first-order valence-corrected chi connectivity index (χ1v) is 9.98. The van der Waals surface area contributed by atoms with Gasteiger partial charge in [0.2, 0.25) is 0 Å². The minimum atomic E-state index is -5.00. The summed E-state index contributed by atoms with van der Waals surface area (Å²) in [6.07, 6.45) is 0. The van der Waals surface area contributed by atoms with Crippen LogP contribution in [-0.2, 0) is 27.2 Å². The zero-order valence-electron chi connectivity index (χ0n) is 19.2. The van der Waals surface area contributed by atoms with Crippen LogP contribution in [0.1, 0.15) is 0 Å². The third-order valence-electron chi connectivity index (χ3n) is 3.62. The number of rotatable bonds is 3. The van der Waals surface area contributed by atoms with Crippen molar-refractivity contribution in [2.45, 2.75) is 4.90 Å². The van der Waals surface area contributed by atoms with Crippen LogP contribution in [0.2, 0.25) is 0 Å². The van der Waals surface area contributed by atoms with Crippen LogP contribution in [0.4, 0.5) is 22.7 Å². The zero-order valence-corrected chi connectivity index (χ0v) is 25.1. The number of anilines is 2. The van der Waals surface area contributed by atoms with Crippen molar-refractivity contribution in [3.8, 4) is 23.0 Å². The molecular formula is C18H17FeN4Na2O11S. The van der Waals surface area contributed by atoms with Gasteiger partial charge in [-0.1, -0.05) is 6.07 Å². The van der Waals surface area contributed by atoms with Gasteiger partial charge in [-0.2, -0.15) is 0 Å². The van der Waals surface area contributed by atoms with Gasteiger partial charge in [-0.15, -0.1) is 0 Å². The van der Waals surface area contributed by atoms with Gasteiger partial charge < -0.3 is 36.4 Å². The molecule has 1 radical (unpaired) electrons. The molecule has 0 unspecified atom stereocenters. The molecule has 3 aromatic carbocycles. The number of nitro benzene ring substituents is 2. The maximum atomic E-state index is 10.6. The Morgan fingerprint density at radius 3 is 1.57 bits per heavy atom. The monoisotopic (exact) mass is 599 g/mol. The molecule has 0 saturated carbocycles. The van der Waals surface area contributed by atoms with E-state index in [2.05, 4.69) is 0 Å². The molecule has 0 bridgehead atoms. The number of benzene rings is 3. The molecule has 0 heterocycles. The number of hydrogen-bond donors (Lipinski definition) is 6. The van der Waals surface area contributed by atoms with Gasteiger partial charge in [-0.25, -0.2) is 8.42 Å². The van der Waals surface area contributed by atoms with E-state index in [1.165, 1.54) is 30.3 Å². The van der Waals surface area contributed by atoms with Gasteiger partial charge in [0.15, 0.2) is 5.75 Å². The summed E-state index contributed by atoms with van der Waals surface area (Å²) >= 11 is 0. The van der Waals surface area contributed by atoms with Crippen molar-refractivity contribution in [1.29, 1.82) is 0 Å². The number of phenols is 4. The van der Waals surface area contributed by atoms with Gasteiger partial charge >= 0.3 is 29.6 Å². The van der Waals surface area contributed by atoms with E-state index in [1.807, 2.05) is 0 Å². The molecule has 0 fully saturated rings. The number of aromatic hydroxyl groups is 4. The number of nitrogen functional groups attached to an aromatic ring is 2. The number of phenolic OH excluding ortho intramolecular Hbond substituents is 4. The van der Waals surface area contributed by atoms with Gasteiger partial charge in [-0.3, -0.25) is 20.2 Å². The molecule has 3 aromatic rings. The van der Waals surface area contributed by atoms with Crippen LogP contribution in [0.5, 0.6) is 23.0 Å². The first kappa shape index (κ1) is 39.2. The van der Waals surface area contributed by atoms with Crippen LogP contribution < -0.4 is 41.0 Å². The first-order chi connectivity index (χ1) is 15.6. The minimum Gasteiger partial charge on any atom is -0.744 e. The van der Waals surface area contributed by atoms with Crippen LogP contribution in [0.25, 0.3) is 0 Å². The maximum Gasteiger partial charge on any atom is 1.00 e. The molecule has 0 aliphatic carbocycles. The van der Waals surface area contributed by atoms with Crippen molar-refractivity contribution in [2.75, 3.05) is 11.5 Å². The molecular weight excluding hydrogens is 582 g/mol. The number of nitrogens with two attached hydrogens (primary N) is 2. The molecule has 0 spiro atoms. The summed E-state index contributed by atoms with van der Waals surface area (Å²) < 4.78 is 31.8. The van der Waals surface area contributed by atoms with Gasteiger partial charge in [0.05, 0.1) is 21.2 Å². The predicted octanol–water partition coefficient (Wildman–Crippen LogP) is -1.61. The fraction of sp³-hybridized carbons (Fsp3) is 0. The summed E-state index contributed by atoms with van der Waals surface area (Å²) in [6.45, 7) is 0. The van der Waals surface area contributed by atoms with Crippen LogP contribution >= 0.6 is 0 Å². The average molecular weight is 599 g/mol. The molecule has 191 valence electrons. The Kier molecular flexibility index (Phi) is 18.3.